The van der Waals surface area contributed by atoms with Crippen molar-refractivity contribution in [3.05, 3.63) is 75.2 Å². The quantitative estimate of drug-likeness (QED) is 0.639. The second-order valence-electron chi connectivity index (χ2n) is 4.86. The lowest BCUT2D eigenvalue weighted by Crippen LogP contribution is -2.37. The summed E-state index contributed by atoms with van der Waals surface area (Å²) in [7, 11) is 0. The Balaban J connectivity index is 1.69. The Morgan fingerprint density at radius 1 is 1.09 bits per heavy atom. The molecular weight excluding hydrogens is 316 g/mol. The van der Waals surface area contributed by atoms with E-state index in [2.05, 4.69) is 21.0 Å². The van der Waals surface area contributed by atoms with Crippen LogP contribution in [0.2, 0.25) is 5.02 Å². The van der Waals surface area contributed by atoms with E-state index in [-0.39, 0.29) is 18.0 Å². The number of fused-ring (bicyclic) bond motifs is 1. The van der Waals surface area contributed by atoms with Crippen molar-refractivity contribution in [3.63, 3.8) is 0 Å². The van der Waals surface area contributed by atoms with Crippen LogP contribution < -0.4 is 16.4 Å². The molecule has 3 N–H and O–H groups in total. The molecule has 3 aromatic rings. The summed E-state index contributed by atoms with van der Waals surface area (Å²) >= 11 is 5.78. The molecule has 7 heteroatoms. The van der Waals surface area contributed by atoms with Crippen LogP contribution in [-0.2, 0) is 6.54 Å². The van der Waals surface area contributed by atoms with E-state index in [9.17, 15) is 9.59 Å². The van der Waals surface area contributed by atoms with Crippen LogP contribution in [0.3, 0.4) is 0 Å². The summed E-state index contributed by atoms with van der Waals surface area (Å²) in [5, 5.41) is 8.33. The first-order valence-electron chi connectivity index (χ1n) is 6.90. The standard InChI is InChI=1S/C16H13ClN4O2/c17-11-7-5-10(6-8-11)15(22)20-18-9-14-12-3-1-2-4-13(12)16(23)21-19-14/h1-8,18H,9H2,(H,20,22)(H,21,23). The SMILES string of the molecule is O=C(NNCc1n[nH]c(=O)c2ccccc12)c1ccc(Cl)cc1. The number of hydrazine groups is 1. The lowest BCUT2D eigenvalue weighted by atomic mass is 10.1. The molecule has 0 aliphatic heterocycles. The molecule has 1 amide bonds. The van der Waals surface area contributed by atoms with Crippen LogP contribution in [0.15, 0.2) is 53.3 Å². The Hall–Kier alpha value is -2.70. The fourth-order valence-electron chi connectivity index (χ4n) is 2.19. The summed E-state index contributed by atoms with van der Waals surface area (Å²) in [6, 6.07) is 13.7. The average molecular weight is 329 g/mol. The normalized spacial score (nSPS) is 10.7. The molecule has 23 heavy (non-hydrogen) atoms. The summed E-state index contributed by atoms with van der Waals surface area (Å²) < 4.78 is 0. The predicted molar refractivity (Wildman–Crippen MR) is 88.1 cm³/mol. The monoisotopic (exact) mass is 328 g/mol. The number of aromatic nitrogens is 2. The first kappa shape index (κ1) is 15.2. The Morgan fingerprint density at radius 3 is 2.52 bits per heavy atom. The van der Waals surface area contributed by atoms with E-state index in [4.69, 9.17) is 11.6 Å². The van der Waals surface area contributed by atoms with E-state index in [0.29, 0.717) is 21.7 Å². The number of H-pyrrole nitrogens is 1. The number of nitrogens with zero attached hydrogens (tertiary/aromatic N) is 1. The number of carbonyl (C=O) groups excluding carboxylic acids is 1. The number of halogens is 1. The Kier molecular flexibility index (Phi) is 4.36. The van der Waals surface area contributed by atoms with Crippen LogP contribution in [0.4, 0.5) is 0 Å². The third-order valence-electron chi connectivity index (χ3n) is 3.34. The summed E-state index contributed by atoms with van der Waals surface area (Å²) in [4.78, 5) is 23.7. The second kappa shape index (κ2) is 6.60. The smallest absolute Gasteiger partial charge is 0.272 e. The predicted octanol–water partition coefficient (Wildman–Crippen LogP) is 2.01. The molecule has 0 atom stereocenters. The highest BCUT2D eigenvalue weighted by molar-refractivity contribution is 6.30. The lowest BCUT2D eigenvalue weighted by Gasteiger charge is -2.08. The number of benzene rings is 2. The number of carbonyl (C=O) groups is 1. The molecule has 3 rings (SSSR count). The minimum Gasteiger partial charge on any atom is -0.287 e. The Bertz CT molecular complexity index is 906. The number of aromatic amines is 1. The van der Waals surface area contributed by atoms with E-state index in [0.717, 1.165) is 5.39 Å². The van der Waals surface area contributed by atoms with Gasteiger partial charge in [0, 0.05) is 16.0 Å². The molecule has 2 aromatic carbocycles. The highest BCUT2D eigenvalue weighted by atomic mass is 35.5. The molecule has 0 spiro atoms. The fraction of sp³-hybridized carbons (Fsp3) is 0.0625. The van der Waals surface area contributed by atoms with E-state index < -0.39 is 0 Å². The molecule has 6 nitrogen and oxygen atoms in total. The van der Waals surface area contributed by atoms with Crippen molar-refractivity contribution in [3.8, 4) is 0 Å². The van der Waals surface area contributed by atoms with E-state index in [1.54, 1.807) is 36.4 Å². The van der Waals surface area contributed by atoms with E-state index in [1.165, 1.54) is 0 Å². The molecule has 1 aromatic heterocycles. The zero-order valence-corrected chi connectivity index (χ0v) is 12.7. The van der Waals surface area contributed by atoms with Crippen LogP contribution in [-0.4, -0.2) is 16.1 Å². The summed E-state index contributed by atoms with van der Waals surface area (Å²) in [5.74, 6) is -0.282. The van der Waals surface area contributed by atoms with E-state index in [1.807, 2.05) is 12.1 Å². The number of hydrogen-bond acceptors (Lipinski definition) is 4. The molecular formula is C16H13ClN4O2. The average Bonchev–Trinajstić information content (AvgIpc) is 2.58. The Morgan fingerprint density at radius 2 is 1.78 bits per heavy atom. The highest BCUT2D eigenvalue weighted by Crippen LogP contribution is 2.12. The molecule has 0 fully saturated rings. The van der Waals surface area contributed by atoms with Crippen LogP contribution in [0.25, 0.3) is 10.8 Å². The van der Waals surface area contributed by atoms with Crippen LogP contribution in [0, 0.1) is 0 Å². The maximum absolute atomic E-state index is 12.0. The molecule has 0 aliphatic rings. The number of amides is 1. The first-order chi connectivity index (χ1) is 11.1. The number of rotatable bonds is 4. The maximum Gasteiger partial charge on any atom is 0.272 e. The largest absolute Gasteiger partial charge is 0.287 e. The van der Waals surface area contributed by atoms with Crippen molar-refractivity contribution in [1.82, 2.24) is 21.0 Å². The van der Waals surface area contributed by atoms with Crippen molar-refractivity contribution < 1.29 is 4.79 Å². The molecule has 0 saturated heterocycles. The Labute approximate surface area is 136 Å². The van der Waals surface area contributed by atoms with Gasteiger partial charge in [0.2, 0.25) is 0 Å². The second-order valence-corrected chi connectivity index (χ2v) is 5.30. The van der Waals surface area contributed by atoms with Gasteiger partial charge in [-0.25, -0.2) is 10.5 Å². The van der Waals surface area contributed by atoms with Crippen LogP contribution in [0.5, 0.6) is 0 Å². The van der Waals surface area contributed by atoms with Crippen molar-refractivity contribution >= 4 is 28.3 Å². The third kappa shape index (κ3) is 3.39. The van der Waals surface area contributed by atoms with Gasteiger partial charge in [0.1, 0.15) is 0 Å². The molecule has 0 bridgehead atoms. The van der Waals surface area contributed by atoms with Crippen LogP contribution in [0.1, 0.15) is 16.1 Å². The van der Waals surface area contributed by atoms with E-state index >= 15 is 0 Å². The first-order valence-corrected chi connectivity index (χ1v) is 7.28. The third-order valence-corrected chi connectivity index (χ3v) is 3.59. The van der Waals surface area contributed by atoms with Gasteiger partial charge >= 0.3 is 0 Å². The van der Waals surface area contributed by atoms with Crippen molar-refractivity contribution in [1.29, 1.82) is 0 Å². The van der Waals surface area contributed by atoms with Gasteiger partial charge in [0.05, 0.1) is 17.6 Å². The maximum atomic E-state index is 12.0. The number of nitrogens with one attached hydrogen (secondary N) is 3. The van der Waals surface area contributed by atoms with Gasteiger partial charge in [-0.3, -0.25) is 15.0 Å². The zero-order chi connectivity index (χ0) is 16.2. The topological polar surface area (TPSA) is 86.9 Å². The minimum atomic E-state index is -0.282. The fourth-order valence-corrected chi connectivity index (χ4v) is 2.31. The molecule has 116 valence electrons. The highest BCUT2D eigenvalue weighted by Gasteiger charge is 2.07. The molecule has 0 saturated carbocycles. The van der Waals surface area contributed by atoms with Crippen molar-refractivity contribution in [2.75, 3.05) is 0 Å². The summed E-state index contributed by atoms with van der Waals surface area (Å²) in [6.07, 6.45) is 0. The lowest BCUT2D eigenvalue weighted by molar-refractivity contribution is 0.0932. The van der Waals surface area contributed by atoms with Gasteiger partial charge in [-0.2, -0.15) is 5.10 Å². The van der Waals surface area contributed by atoms with Crippen molar-refractivity contribution in [2.45, 2.75) is 6.54 Å². The molecule has 0 radical (unpaired) electrons. The summed E-state index contributed by atoms with van der Waals surface area (Å²) in [6.45, 7) is 0.274. The molecule has 0 aliphatic carbocycles. The van der Waals surface area contributed by atoms with Gasteiger partial charge in [-0.15, -0.1) is 0 Å². The van der Waals surface area contributed by atoms with Crippen molar-refractivity contribution in [2.24, 2.45) is 0 Å². The minimum absolute atomic E-state index is 0.241. The van der Waals surface area contributed by atoms with Gasteiger partial charge in [0.25, 0.3) is 11.5 Å². The number of hydrogen-bond donors (Lipinski definition) is 3. The molecule has 0 unspecified atom stereocenters. The van der Waals surface area contributed by atoms with Gasteiger partial charge in [0.15, 0.2) is 0 Å². The molecule has 1 heterocycles. The summed E-state index contributed by atoms with van der Waals surface area (Å²) in [5.41, 5.74) is 6.27. The van der Waals surface area contributed by atoms with Gasteiger partial charge < -0.3 is 0 Å². The van der Waals surface area contributed by atoms with Gasteiger partial charge in [-0.1, -0.05) is 29.8 Å². The van der Waals surface area contributed by atoms with Crippen LogP contribution >= 0.6 is 11.6 Å². The van der Waals surface area contributed by atoms with Gasteiger partial charge in [-0.05, 0) is 30.3 Å². The zero-order valence-electron chi connectivity index (χ0n) is 12.0.